The Kier molecular flexibility index (Phi) is 15.8. The fourth-order valence-electron chi connectivity index (χ4n) is 0.367. The molecule has 0 amide bonds. The zero-order valence-electron chi connectivity index (χ0n) is 5.80. The van der Waals surface area contributed by atoms with Crippen molar-refractivity contribution in [1.82, 2.24) is 0 Å². The molecule has 0 unspecified atom stereocenters. The Morgan fingerprint density at radius 3 is 1.80 bits per heavy atom. The van der Waals surface area contributed by atoms with Gasteiger partial charge in [0.05, 0.1) is 0 Å². The molecule has 0 nitrogen and oxygen atoms in total. The third kappa shape index (κ3) is 6.52. The molecule has 1 rings (SSSR count). The molecule has 3 heteroatoms. The largest absolute Gasteiger partial charge is 2.00 e. The van der Waals surface area contributed by atoms with Crippen LogP contribution < -0.4 is 0 Å². The average Bonchev–Trinajstić information content (AvgIpc) is 1.69. The van der Waals surface area contributed by atoms with E-state index in [0.29, 0.717) is 0 Å². The summed E-state index contributed by atoms with van der Waals surface area (Å²) in [7, 11) is 0. The first-order valence-corrected chi connectivity index (χ1v) is 2.01. The molecule has 0 bridgehead atoms. The maximum atomic E-state index is 11.9. The first-order valence-electron chi connectivity index (χ1n) is 2.01. The predicted octanol–water partition coefficient (Wildman–Crippen LogP) is 2.27. The molecule has 0 heterocycles. The van der Waals surface area contributed by atoms with Gasteiger partial charge in [-0.3, -0.25) is 0 Å². The fraction of sp³-hybridized carbons (Fsp3) is 0. The summed E-state index contributed by atoms with van der Waals surface area (Å²) in [6.45, 7) is 0. The molecule has 0 saturated heterocycles. The summed E-state index contributed by atoms with van der Waals surface area (Å²) in [4.78, 5) is 0. The van der Waals surface area contributed by atoms with Crippen molar-refractivity contribution in [2.24, 2.45) is 0 Å². The number of halogens is 2. The summed E-state index contributed by atoms with van der Waals surface area (Å²) in [5.74, 6) is -0.209. The Balaban J connectivity index is -0.000000163. The molecular weight excluding hydrogens is 207 g/mol. The summed E-state index contributed by atoms with van der Waals surface area (Å²) in [5, 5.41) is 0. The van der Waals surface area contributed by atoms with Crippen molar-refractivity contribution < 1.29 is 4.39 Å². The van der Waals surface area contributed by atoms with Crippen LogP contribution in [0.15, 0.2) is 24.3 Å². The molecule has 0 N–H and O–H groups in total. The molecular formula is C7H8BrFMg. The third-order valence-electron chi connectivity index (χ3n) is 0.678. The van der Waals surface area contributed by atoms with E-state index in [0.717, 1.165) is 0 Å². The second kappa shape index (κ2) is 9.40. The molecule has 0 fully saturated rings. The minimum Gasteiger partial charge on any atom is -0.358 e. The standard InChI is InChI=1S/C6H4F.CH3.BrH.Mg/c7-6-4-2-1-3-5-6;;;/h2-5H;1H3;1H;/q2*-1;;+2. The van der Waals surface area contributed by atoms with E-state index in [9.17, 15) is 4.39 Å². The van der Waals surface area contributed by atoms with Crippen LogP contribution in [0.5, 0.6) is 0 Å². The molecule has 0 atom stereocenters. The first-order chi connectivity index (χ1) is 3.39. The van der Waals surface area contributed by atoms with Crippen molar-refractivity contribution in [1.29, 1.82) is 0 Å². The Labute approximate surface area is 87.8 Å². The molecule has 1 aromatic carbocycles. The van der Waals surface area contributed by atoms with Crippen molar-refractivity contribution in [3.63, 3.8) is 0 Å². The summed E-state index contributed by atoms with van der Waals surface area (Å²) in [5.41, 5.74) is 0. The van der Waals surface area contributed by atoms with Crippen LogP contribution in [-0.4, -0.2) is 23.1 Å². The van der Waals surface area contributed by atoms with Crippen LogP contribution in [0.25, 0.3) is 0 Å². The molecule has 0 aliphatic carbocycles. The second-order valence-corrected chi connectivity index (χ2v) is 1.22. The van der Waals surface area contributed by atoms with E-state index in [1.54, 1.807) is 0 Å². The van der Waals surface area contributed by atoms with Gasteiger partial charge in [0.15, 0.2) is 0 Å². The van der Waals surface area contributed by atoms with Crippen LogP contribution in [0.4, 0.5) is 4.39 Å². The van der Waals surface area contributed by atoms with Gasteiger partial charge in [0.1, 0.15) is 0 Å². The van der Waals surface area contributed by atoms with Crippen molar-refractivity contribution in [3.8, 4) is 0 Å². The zero-order valence-corrected chi connectivity index (χ0v) is 8.93. The summed E-state index contributed by atoms with van der Waals surface area (Å²) < 4.78 is 11.9. The smallest absolute Gasteiger partial charge is 0.358 e. The van der Waals surface area contributed by atoms with Gasteiger partial charge in [-0.1, -0.05) is 0 Å². The number of hydrogen-bond donors (Lipinski definition) is 0. The molecule has 0 spiro atoms. The number of rotatable bonds is 0. The van der Waals surface area contributed by atoms with E-state index in [1.165, 1.54) is 24.3 Å². The molecule has 0 radical (unpaired) electrons. The Morgan fingerprint density at radius 2 is 1.60 bits per heavy atom. The van der Waals surface area contributed by atoms with Crippen molar-refractivity contribution in [2.75, 3.05) is 0 Å². The zero-order chi connectivity index (χ0) is 5.11. The van der Waals surface area contributed by atoms with Crippen LogP contribution in [0.1, 0.15) is 0 Å². The van der Waals surface area contributed by atoms with Crippen molar-refractivity contribution >= 4 is 40.0 Å². The monoisotopic (exact) mass is 214 g/mol. The molecule has 0 saturated carbocycles. The van der Waals surface area contributed by atoms with Gasteiger partial charge in [-0.25, -0.2) is 4.39 Å². The van der Waals surface area contributed by atoms with Gasteiger partial charge in [-0.05, 0) is 0 Å². The van der Waals surface area contributed by atoms with E-state index in [2.05, 4.69) is 6.07 Å². The summed E-state index contributed by atoms with van der Waals surface area (Å²) in [6.07, 6.45) is 0. The second-order valence-electron chi connectivity index (χ2n) is 1.22. The van der Waals surface area contributed by atoms with Gasteiger partial charge in [-0.2, -0.15) is 18.2 Å². The van der Waals surface area contributed by atoms with Gasteiger partial charge in [0.2, 0.25) is 0 Å². The van der Waals surface area contributed by atoms with E-state index in [-0.39, 0.29) is 53.3 Å². The predicted molar refractivity (Wildman–Crippen MR) is 47.7 cm³/mol. The van der Waals surface area contributed by atoms with Crippen molar-refractivity contribution in [3.05, 3.63) is 43.6 Å². The van der Waals surface area contributed by atoms with Crippen LogP contribution >= 0.6 is 17.0 Å². The van der Waals surface area contributed by atoms with Crippen LogP contribution in [0.2, 0.25) is 0 Å². The fourth-order valence-corrected chi connectivity index (χ4v) is 0.367. The maximum Gasteiger partial charge on any atom is 2.00 e. The molecule has 0 aliphatic rings. The van der Waals surface area contributed by atoms with E-state index in [4.69, 9.17) is 0 Å². The Hall–Kier alpha value is 0.396. The topological polar surface area (TPSA) is 0 Å². The maximum absolute atomic E-state index is 11.9. The minimum absolute atomic E-state index is 0. The molecule has 0 aromatic heterocycles. The average molecular weight is 215 g/mol. The molecule has 1 aromatic rings. The molecule has 0 aliphatic heterocycles. The quantitative estimate of drug-likeness (QED) is 0.460. The Morgan fingerprint density at radius 1 is 1.20 bits per heavy atom. The number of benzene rings is 1. The SMILES string of the molecule is Br.Fc1cc[c-]cc1.[CH3-].[Mg+2]. The summed E-state index contributed by atoms with van der Waals surface area (Å²) in [6, 6.07) is 8.49. The van der Waals surface area contributed by atoms with Gasteiger partial charge in [0.25, 0.3) is 0 Å². The van der Waals surface area contributed by atoms with Gasteiger partial charge in [0, 0.05) is 5.82 Å². The molecule has 52 valence electrons. The van der Waals surface area contributed by atoms with Crippen LogP contribution in [0, 0.1) is 19.3 Å². The molecule has 10 heavy (non-hydrogen) atoms. The first kappa shape index (κ1) is 16.8. The minimum atomic E-state index is -0.209. The Bertz CT molecular complexity index is 144. The van der Waals surface area contributed by atoms with E-state index in [1.807, 2.05) is 0 Å². The van der Waals surface area contributed by atoms with Crippen LogP contribution in [0.3, 0.4) is 0 Å². The summed E-state index contributed by atoms with van der Waals surface area (Å²) >= 11 is 0. The van der Waals surface area contributed by atoms with Gasteiger partial charge in [-0.15, -0.1) is 29.1 Å². The van der Waals surface area contributed by atoms with E-state index >= 15 is 0 Å². The normalized spacial score (nSPS) is 6.10. The van der Waals surface area contributed by atoms with Crippen LogP contribution in [-0.2, 0) is 0 Å². The van der Waals surface area contributed by atoms with Crippen molar-refractivity contribution in [2.45, 2.75) is 0 Å². The van der Waals surface area contributed by atoms with E-state index < -0.39 is 0 Å². The number of hydrogen-bond acceptors (Lipinski definition) is 0. The van der Waals surface area contributed by atoms with Gasteiger partial charge >= 0.3 is 23.1 Å². The third-order valence-corrected chi connectivity index (χ3v) is 0.678. The van der Waals surface area contributed by atoms with Gasteiger partial charge < -0.3 is 7.43 Å².